The van der Waals surface area contributed by atoms with Gasteiger partial charge in [0.1, 0.15) is 18.7 Å². The van der Waals surface area contributed by atoms with Crippen LogP contribution >= 0.6 is 11.3 Å². The zero-order valence-corrected chi connectivity index (χ0v) is 14.2. The SMILES string of the molecule is CCNC(=NCc1ncnn1C)NCCCc1nc(C)cs1. The quantitative estimate of drug-likeness (QED) is 0.456. The summed E-state index contributed by atoms with van der Waals surface area (Å²) in [4.78, 5) is 13.2. The predicted octanol–water partition coefficient (Wildman–Crippen LogP) is 1.27. The zero-order valence-electron chi connectivity index (χ0n) is 13.3. The number of hydrogen-bond acceptors (Lipinski definition) is 5. The van der Waals surface area contributed by atoms with Crippen molar-refractivity contribution in [3.63, 3.8) is 0 Å². The highest BCUT2D eigenvalue weighted by Crippen LogP contribution is 2.10. The van der Waals surface area contributed by atoms with Crippen molar-refractivity contribution in [3.05, 3.63) is 28.2 Å². The number of aryl methyl sites for hydroxylation is 3. The molecule has 22 heavy (non-hydrogen) atoms. The largest absolute Gasteiger partial charge is 0.357 e. The van der Waals surface area contributed by atoms with Crippen LogP contribution in [-0.4, -0.2) is 38.8 Å². The molecule has 0 saturated carbocycles. The smallest absolute Gasteiger partial charge is 0.191 e. The third-order valence-corrected chi connectivity index (χ3v) is 4.08. The van der Waals surface area contributed by atoms with E-state index in [2.05, 4.69) is 43.0 Å². The first kappa shape index (κ1) is 16.4. The molecule has 2 N–H and O–H groups in total. The molecule has 0 aliphatic heterocycles. The lowest BCUT2D eigenvalue weighted by atomic mass is 10.3. The number of aromatic nitrogens is 4. The Balaban J connectivity index is 1.77. The van der Waals surface area contributed by atoms with Crippen molar-refractivity contribution in [2.45, 2.75) is 33.2 Å². The van der Waals surface area contributed by atoms with E-state index < -0.39 is 0 Å². The van der Waals surface area contributed by atoms with Gasteiger partial charge in [0.15, 0.2) is 5.96 Å². The normalized spacial score (nSPS) is 11.7. The summed E-state index contributed by atoms with van der Waals surface area (Å²) >= 11 is 1.73. The van der Waals surface area contributed by atoms with E-state index in [1.165, 1.54) is 5.01 Å². The Morgan fingerprint density at radius 3 is 2.91 bits per heavy atom. The van der Waals surface area contributed by atoms with E-state index in [1.54, 1.807) is 22.3 Å². The van der Waals surface area contributed by atoms with E-state index in [4.69, 9.17) is 0 Å². The molecule has 0 spiro atoms. The summed E-state index contributed by atoms with van der Waals surface area (Å²) in [6, 6.07) is 0. The molecule has 0 bridgehead atoms. The highest BCUT2D eigenvalue weighted by Gasteiger charge is 2.02. The van der Waals surface area contributed by atoms with Gasteiger partial charge >= 0.3 is 0 Å². The first-order valence-corrected chi connectivity index (χ1v) is 8.33. The number of rotatable bonds is 7. The number of guanidine groups is 1. The lowest BCUT2D eigenvalue weighted by Crippen LogP contribution is -2.38. The number of thiazole rings is 1. The second-order valence-electron chi connectivity index (χ2n) is 4.91. The standard InChI is InChI=1S/C14H23N7S/c1-4-15-14(17-8-12-18-10-19-21(12)3)16-7-5-6-13-20-11(2)9-22-13/h9-10H,4-8H2,1-3H3,(H2,15,16,17). The molecule has 0 unspecified atom stereocenters. The summed E-state index contributed by atoms with van der Waals surface area (Å²) in [7, 11) is 1.87. The molecule has 2 heterocycles. The van der Waals surface area contributed by atoms with Gasteiger partial charge in [-0.25, -0.2) is 15.0 Å². The predicted molar refractivity (Wildman–Crippen MR) is 89.0 cm³/mol. The highest BCUT2D eigenvalue weighted by atomic mass is 32.1. The van der Waals surface area contributed by atoms with Crippen LogP contribution in [-0.2, 0) is 20.0 Å². The van der Waals surface area contributed by atoms with Crippen molar-refractivity contribution in [2.75, 3.05) is 13.1 Å². The molecule has 0 saturated heterocycles. The van der Waals surface area contributed by atoms with Crippen LogP contribution in [0.5, 0.6) is 0 Å². The van der Waals surface area contributed by atoms with Crippen molar-refractivity contribution >= 4 is 17.3 Å². The molecule has 120 valence electrons. The Labute approximate surface area is 134 Å². The Hall–Kier alpha value is -1.96. The fraction of sp³-hybridized carbons (Fsp3) is 0.571. The van der Waals surface area contributed by atoms with Crippen LogP contribution in [0.3, 0.4) is 0 Å². The molecule has 0 aliphatic carbocycles. The minimum atomic E-state index is 0.511. The van der Waals surface area contributed by atoms with Gasteiger partial charge in [0.25, 0.3) is 0 Å². The van der Waals surface area contributed by atoms with Crippen molar-refractivity contribution in [2.24, 2.45) is 12.0 Å². The Morgan fingerprint density at radius 2 is 2.27 bits per heavy atom. The molecular formula is C14H23N7S. The molecule has 0 fully saturated rings. The van der Waals surface area contributed by atoms with Gasteiger partial charge in [-0.05, 0) is 20.3 Å². The maximum atomic E-state index is 4.52. The molecule has 7 nitrogen and oxygen atoms in total. The first-order valence-electron chi connectivity index (χ1n) is 7.45. The summed E-state index contributed by atoms with van der Waals surface area (Å²) in [5.41, 5.74) is 1.10. The second kappa shape index (κ2) is 8.47. The van der Waals surface area contributed by atoms with Gasteiger partial charge in [-0.15, -0.1) is 11.3 Å². The van der Waals surface area contributed by atoms with Crippen LogP contribution in [0.2, 0.25) is 0 Å². The average Bonchev–Trinajstić information content (AvgIpc) is 3.09. The van der Waals surface area contributed by atoms with E-state index >= 15 is 0 Å². The molecule has 0 radical (unpaired) electrons. The maximum Gasteiger partial charge on any atom is 0.191 e. The number of aliphatic imine (C=N–C) groups is 1. The van der Waals surface area contributed by atoms with E-state index in [0.717, 1.165) is 43.4 Å². The van der Waals surface area contributed by atoms with Crippen LogP contribution in [0.4, 0.5) is 0 Å². The summed E-state index contributed by atoms with van der Waals surface area (Å²) in [5, 5.41) is 13.9. The summed E-state index contributed by atoms with van der Waals surface area (Å²) in [6.45, 7) is 6.29. The van der Waals surface area contributed by atoms with Gasteiger partial charge in [-0.1, -0.05) is 0 Å². The van der Waals surface area contributed by atoms with Gasteiger partial charge < -0.3 is 10.6 Å². The summed E-state index contributed by atoms with van der Waals surface area (Å²) < 4.78 is 1.73. The maximum absolute atomic E-state index is 4.52. The average molecular weight is 321 g/mol. The third kappa shape index (κ3) is 5.10. The molecule has 8 heteroatoms. The summed E-state index contributed by atoms with van der Waals surface area (Å²) in [6.07, 6.45) is 3.57. The highest BCUT2D eigenvalue weighted by molar-refractivity contribution is 7.09. The topological polar surface area (TPSA) is 80.0 Å². The molecular weight excluding hydrogens is 298 g/mol. The van der Waals surface area contributed by atoms with Gasteiger partial charge in [0.2, 0.25) is 0 Å². The minimum Gasteiger partial charge on any atom is -0.357 e. The Bertz CT molecular complexity index is 602. The molecule has 2 aromatic rings. The number of nitrogens with one attached hydrogen (secondary N) is 2. The number of nitrogens with zero attached hydrogens (tertiary/aromatic N) is 5. The van der Waals surface area contributed by atoms with Crippen molar-refractivity contribution in [3.8, 4) is 0 Å². The monoisotopic (exact) mass is 321 g/mol. The van der Waals surface area contributed by atoms with Gasteiger partial charge in [0, 0.05) is 37.6 Å². The van der Waals surface area contributed by atoms with Crippen LogP contribution in [0.25, 0.3) is 0 Å². The van der Waals surface area contributed by atoms with Crippen LogP contribution in [0, 0.1) is 6.92 Å². The zero-order chi connectivity index (χ0) is 15.8. The van der Waals surface area contributed by atoms with Crippen LogP contribution in [0.1, 0.15) is 29.9 Å². The van der Waals surface area contributed by atoms with Gasteiger partial charge in [0.05, 0.1) is 5.01 Å². The fourth-order valence-corrected chi connectivity index (χ4v) is 2.74. The van der Waals surface area contributed by atoms with Gasteiger partial charge in [-0.2, -0.15) is 5.10 Å². The van der Waals surface area contributed by atoms with Crippen molar-refractivity contribution < 1.29 is 0 Å². The number of hydrogen-bond donors (Lipinski definition) is 2. The van der Waals surface area contributed by atoms with Crippen molar-refractivity contribution in [1.82, 2.24) is 30.4 Å². The molecule has 0 aliphatic rings. The molecule has 2 aromatic heterocycles. The van der Waals surface area contributed by atoms with E-state index in [1.807, 2.05) is 14.0 Å². The van der Waals surface area contributed by atoms with E-state index in [-0.39, 0.29) is 0 Å². The Kier molecular flexibility index (Phi) is 6.32. The van der Waals surface area contributed by atoms with Crippen LogP contribution in [0.15, 0.2) is 16.7 Å². The van der Waals surface area contributed by atoms with E-state index in [0.29, 0.717) is 6.54 Å². The summed E-state index contributed by atoms with van der Waals surface area (Å²) in [5.74, 6) is 1.65. The minimum absolute atomic E-state index is 0.511. The second-order valence-corrected chi connectivity index (χ2v) is 5.85. The van der Waals surface area contributed by atoms with Gasteiger partial charge in [-0.3, -0.25) is 4.68 Å². The lowest BCUT2D eigenvalue weighted by Gasteiger charge is -2.10. The molecule has 0 aromatic carbocycles. The third-order valence-electron chi connectivity index (χ3n) is 3.05. The van der Waals surface area contributed by atoms with Crippen molar-refractivity contribution in [1.29, 1.82) is 0 Å². The lowest BCUT2D eigenvalue weighted by molar-refractivity contribution is 0.694. The van der Waals surface area contributed by atoms with E-state index in [9.17, 15) is 0 Å². The first-order chi connectivity index (χ1) is 10.7. The molecule has 0 atom stereocenters. The van der Waals surface area contributed by atoms with Crippen LogP contribution < -0.4 is 10.6 Å². The fourth-order valence-electron chi connectivity index (χ4n) is 1.92. The molecule has 0 amide bonds. The Morgan fingerprint density at radius 1 is 1.41 bits per heavy atom. The molecule has 2 rings (SSSR count).